The number of unbranched alkanes of at least 4 members (excludes halogenated alkanes) is 7. The molecule has 0 atom stereocenters. The number of rotatable bonds is 25. The van der Waals surface area contributed by atoms with Crippen LogP contribution in [0.3, 0.4) is 0 Å². The molecule has 0 saturated heterocycles. The molecule has 0 radical (unpaired) electrons. The summed E-state index contributed by atoms with van der Waals surface area (Å²) >= 11 is 1.46. The summed E-state index contributed by atoms with van der Waals surface area (Å²) in [5.74, 6) is 0.450. The van der Waals surface area contributed by atoms with Gasteiger partial charge in [0.1, 0.15) is 17.2 Å². The van der Waals surface area contributed by atoms with E-state index in [1.165, 1.54) is 30.6 Å². The number of nitrogens with one attached hydrogen (secondary N) is 1. The molecule has 0 aliphatic heterocycles. The molecule has 0 unspecified atom stereocenters. The van der Waals surface area contributed by atoms with E-state index in [4.69, 9.17) is 29.0 Å². The first kappa shape index (κ1) is 45.8. The van der Waals surface area contributed by atoms with Gasteiger partial charge < -0.3 is 24.1 Å². The number of aromatic carboxylic acids is 1. The number of benzene rings is 3. The van der Waals surface area contributed by atoms with Gasteiger partial charge in [0.2, 0.25) is 5.13 Å². The van der Waals surface area contributed by atoms with Gasteiger partial charge in [-0.05, 0) is 130 Å². The average Bonchev–Trinajstić information content (AvgIpc) is 3.68. The molecule has 0 bridgehead atoms. The Morgan fingerprint density at radius 3 is 2.30 bits per heavy atom. The van der Waals surface area contributed by atoms with Gasteiger partial charge in [0.25, 0.3) is 0 Å². The summed E-state index contributed by atoms with van der Waals surface area (Å²) in [4.78, 5) is 42.5. The van der Waals surface area contributed by atoms with Crippen molar-refractivity contribution in [1.29, 1.82) is 0 Å². The van der Waals surface area contributed by atoms with E-state index in [1.807, 2.05) is 30.3 Å². The van der Waals surface area contributed by atoms with E-state index in [2.05, 4.69) is 25.9 Å². The van der Waals surface area contributed by atoms with Crippen molar-refractivity contribution in [2.24, 2.45) is 16.9 Å². The van der Waals surface area contributed by atoms with Crippen LogP contribution in [0, 0.1) is 11.8 Å². The van der Waals surface area contributed by atoms with Gasteiger partial charge in [-0.15, -0.1) is 0 Å². The zero-order chi connectivity index (χ0) is 42.7. The molecule has 0 amide bonds. The number of methoxy groups -OCH3 is 1. The van der Waals surface area contributed by atoms with Crippen molar-refractivity contribution in [1.82, 2.24) is 4.98 Å². The van der Waals surface area contributed by atoms with E-state index in [9.17, 15) is 19.5 Å². The number of anilines is 1. The Bertz CT molecular complexity index is 2070. The molecule has 1 heterocycles. The molecule has 1 aromatic heterocycles. The van der Waals surface area contributed by atoms with Crippen molar-refractivity contribution in [3.63, 3.8) is 0 Å². The van der Waals surface area contributed by atoms with Crippen molar-refractivity contribution in [2.45, 2.75) is 117 Å². The molecule has 11 nitrogen and oxygen atoms in total. The average molecular weight is 840 g/mol. The summed E-state index contributed by atoms with van der Waals surface area (Å²) in [6.07, 6.45) is 16.3. The van der Waals surface area contributed by atoms with Crippen LogP contribution in [0.15, 0.2) is 72.4 Å². The zero-order valence-corrected chi connectivity index (χ0v) is 36.3. The van der Waals surface area contributed by atoms with Gasteiger partial charge in [-0.2, -0.15) is 5.10 Å². The standard InChI is InChI=1S/C48H61N3O8S/c1-5-8-10-13-17-42(50-51-48-49-43-27-24-35(56-4)32-44(43)60-48)41-31-37(59-47(55)34-20-18-33(19-21-34)16-9-6-2)23-25-38(41)40-30-36(22-26-39(40)46(53)54)57-28-14-11-12-15-29-58-45(52)7-3/h7,22-27,30-34H,3,5-6,8-21,28-29H2,1-2,4H3,(H,49,51)(H,53,54). The molecule has 322 valence electrons. The highest BCUT2D eigenvalue weighted by Crippen LogP contribution is 2.37. The summed E-state index contributed by atoms with van der Waals surface area (Å²) in [7, 11) is 1.63. The van der Waals surface area contributed by atoms with Crippen molar-refractivity contribution < 1.29 is 38.4 Å². The number of thiazole rings is 1. The summed E-state index contributed by atoms with van der Waals surface area (Å²) in [6, 6.07) is 16.1. The topological polar surface area (TPSA) is 146 Å². The van der Waals surface area contributed by atoms with E-state index < -0.39 is 11.9 Å². The molecular formula is C48H61N3O8S. The van der Waals surface area contributed by atoms with Gasteiger partial charge in [-0.3, -0.25) is 10.2 Å². The summed E-state index contributed by atoms with van der Waals surface area (Å²) in [5.41, 5.74) is 6.58. The maximum atomic E-state index is 13.6. The van der Waals surface area contributed by atoms with Gasteiger partial charge in [-0.25, -0.2) is 14.6 Å². The lowest BCUT2D eigenvalue weighted by Gasteiger charge is -2.27. The Hall–Kier alpha value is -5.23. The Morgan fingerprint density at radius 2 is 1.57 bits per heavy atom. The van der Waals surface area contributed by atoms with Crippen LogP contribution < -0.4 is 19.6 Å². The molecule has 1 fully saturated rings. The van der Waals surface area contributed by atoms with Gasteiger partial charge in [-0.1, -0.05) is 70.3 Å². The lowest BCUT2D eigenvalue weighted by atomic mass is 9.80. The first-order valence-electron chi connectivity index (χ1n) is 21.7. The lowest BCUT2D eigenvalue weighted by Crippen LogP contribution is -2.25. The number of hydrazone groups is 1. The number of hydrogen-bond acceptors (Lipinski definition) is 11. The summed E-state index contributed by atoms with van der Waals surface area (Å²) in [6.45, 7) is 8.58. The molecule has 1 saturated carbocycles. The lowest BCUT2D eigenvalue weighted by molar-refractivity contribution is -0.140. The quantitative estimate of drug-likeness (QED) is 0.0165. The molecule has 12 heteroatoms. The summed E-state index contributed by atoms with van der Waals surface area (Å²) in [5, 5.41) is 16.0. The molecule has 1 aliphatic rings. The third-order valence-electron chi connectivity index (χ3n) is 11.0. The number of ether oxygens (including phenoxy) is 4. The van der Waals surface area contributed by atoms with Gasteiger partial charge in [0, 0.05) is 17.2 Å². The van der Waals surface area contributed by atoms with E-state index >= 15 is 0 Å². The highest BCUT2D eigenvalue weighted by Gasteiger charge is 2.28. The fourth-order valence-corrected chi connectivity index (χ4v) is 8.44. The van der Waals surface area contributed by atoms with Crippen LogP contribution in [0.4, 0.5) is 5.13 Å². The predicted octanol–water partition coefficient (Wildman–Crippen LogP) is 12.0. The largest absolute Gasteiger partial charge is 0.497 e. The number of fused-ring (bicyclic) bond motifs is 1. The normalized spacial score (nSPS) is 15.3. The second-order valence-corrected chi connectivity index (χ2v) is 16.5. The number of nitrogens with zero attached hydrogens (tertiary/aromatic N) is 2. The minimum absolute atomic E-state index is 0.112. The Kier molecular flexibility index (Phi) is 18.4. The third kappa shape index (κ3) is 13.7. The van der Waals surface area contributed by atoms with Gasteiger partial charge >= 0.3 is 17.9 Å². The van der Waals surface area contributed by atoms with Gasteiger partial charge in [0.05, 0.1) is 47.7 Å². The molecule has 0 spiro atoms. The molecule has 1 aliphatic carbocycles. The second-order valence-electron chi connectivity index (χ2n) is 15.5. The SMILES string of the molecule is C=CC(=O)OCCCCCCOc1ccc(C(=O)O)c(-c2ccc(OC(=O)C3CCC(CCCC)CC3)cc2C(CCCCCC)=NNc2nc3ccc(OC)cc3s2)c1. The fraction of sp³-hybridized carbons (Fsp3) is 0.479. The number of carbonyl (C=O) groups excluding carboxylic acids is 2. The molecular weight excluding hydrogens is 779 g/mol. The van der Waals surface area contributed by atoms with Crippen LogP contribution in [-0.4, -0.2) is 54.0 Å². The minimum atomic E-state index is -1.07. The zero-order valence-electron chi connectivity index (χ0n) is 35.5. The molecule has 60 heavy (non-hydrogen) atoms. The smallest absolute Gasteiger partial charge is 0.336 e. The predicted molar refractivity (Wildman–Crippen MR) is 240 cm³/mol. The van der Waals surface area contributed by atoms with E-state index in [-0.39, 0.29) is 17.5 Å². The fourth-order valence-electron chi connectivity index (χ4n) is 7.61. The van der Waals surface area contributed by atoms with E-state index in [0.29, 0.717) is 64.6 Å². The Morgan fingerprint density at radius 1 is 0.833 bits per heavy atom. The van der Waals surface area contributed by atoms with Crippen LogP contribution >= 0.6 is 11.3 Å². The van der Waals surface area contributed by atoms with Crippen LogP contribution in [0.2, 0.25) is 0 Å². The third-order valence-corrected chi connectivity index (χ3v) is 12.0. The maximum absolute atomic E-state index is 13.6. The van der Waals surface area contributed by atoms with Crippen molar-refractivity contribution >= 4 is 50.3 Å². The second kappa shape index (κ2) is 24.1. The number of carboxylic acid groups (broad SMARTS) is 1. The van der Waals surface area contributed by atoms with Crippen molar-refractivity contribution in [3.8, 4) is 28.4 Å². The van der Waals surface area contributed by atoms with E-state index in [0.717, 1.165) is 99.1 Å². The van der Waals surface area contributed by atoms with Crippen molar-refractivity contribution in [3.05, 3.63) is 78.4 Å². The van der Waals surface area contributed by atoms with Crippen LogP contribution in [0.5, 0.6) is 17.2 Å². The van der Waals surface area contributed by atoms with Crippen LogP contribution in [0.25, 0.3) is 21.3 Å². The Labute approximate surface area is 358 Å². The maximum Gasteiger partial charge on any atom is 0.336 e. The number of aromatic nitrogens is 1. The number of hydrogen-bond donors (Lipinski definition) is 2. The number of carbonyl (C=O) groups is 3. The minimum Gasteiger partial charge on any atom is -0.497 e. The molecule has 2 N–H and O–H groups in total. The van der Waals surface area contributed by atoms with Crippen LogP contribution in [0.1, 0.15) is 133 Å². The van der Waals surface area contributed by atoms with Crippen LogP contribution in [-0.2, 0) is 14.3 Å². The first-order chi connectivity index (χ1) is 29.2. The van der Waals surface area contributed by atoms with Gasteiger partial charge in [0.15, 0.2) is 0 Å². The number of carboxylic acids is 1. The first-order valence-corrected chi connectivity index (χ1v) is 22.5. The monoisotopic (exact) mass is 839 g/mol. The summed E-state index contributed by atoms with van der Waals surface area (Å²) < 4.78 is 23.7. The highest BCUT2D eigenvalue weighted by molar-refractivity contribution is 7.22. The van der Waals surface area contributed by atoms with Crippen molar-refractivity contribution in [2.75, 3.05) is 25.7 Å². The Balaban J connectivity index is 1.46. The van der Waals surface area contributed by atoms with E-state index in [1.54, 1.807) is 31.4 Å². The number of esters is 2. The molecule has 5 rings (SSSR count). The molecule has 3 aromatic carbocycles. The molecule has 4 aromatic rings. The highest BCUT2D eigenvalue weighted by atomic mass is 32.1.